The van der Waals surface area contributed by atoms with Crippen LogP contribution in [0.2, 0.25) is 0 Å². The fraction of sp³-hybridized carbons (Fsp3) is 0.417. The molecule has 1 atom stereocenters. The minimum atomic E-state index is -0.774. The predicted molar refractivity (Wildman–Crippen MR) is 72.4 cm³/mol. The Balaban J connectivity index is 0.00000162. The van der Waals surface area contributed by atoms with Crippen molar-refractivity contribution >= 4 is 34.3 Å². The summed E-state index contributed by atoms with van der Waals surface area (Å²) in [6.07, 6.45) is 1.59. The van der Waals surface area contributed by atoms with Crippen LogP contribution in [0.4, 0.5) is 4.39 Å². The lowest BCUT2D eigenvalue weighted by atomic mass is 10.2. The zero-order valence-corrected chi connectivity index (χ0v) is 12.0. The number of benzene rings is 1. The molecule has 1 saturated heterocycles. The molecule has 0 aromatic heterocycles. The SMILES string of the molecule is Cl.O=C(O)[C@H]1CCCN1Cc1ccc(F)c(Br)c1. The van der Waals surface area contributed by atoms with E-state index in [1.54, 1.807) is 12.1 Å². The average molecular weight is 339 g/mol. The topological polar surface area (TPSA) is 40.5 Å². The van der Waals surface area contributed by atoms with Crippen molar-refractivity contribution in [3.63, 3.8) is 0 Å². The summed E-state index contributed by atoms with van der Waals surface area (Å²) < 4.78 is 13.5. The van der Waals surface area contributed by atoms with Gasteiger partial charge >= 0.3 is 5.97 Å². The first-order chi connectivity index (χ1) is 8.08. The minimum Gasteiger partial charge on any atom is -0.480 e. The second-order valence-electron chi connectivity index (χ2n) is 4.22. The third-order valence-electron chi connectivity index (χ3n) is 3.02. The number of hydrogen-bond acceptors (Lipinski definition) is 2. The van der Waals surface area contributed by atoms with Crippen LogP contribution in [0.25, 0.3) is 0 Å². The summed E-state index contributed by atoms with van der Waals surface area (Å²) in [7, 11) is 0. The fourth-order valence-corrected chi connectivity index (χ4v) is 2.59. The Morgan fingerprint density at radius 2 is 2.28 bits per heavy atom. The van der Waals surface area contributed by atoms with Gasteiger partial charge in [0.05, 0.1) is 4.47 Å². The molecule has 0 unspecified atom stereocenters. The van der Waals surface area contributed by atoms with Crippen molar-refractivity contribution in [2.45, 2.75) is 25.4 Å². The molecule has 0 bridgehead atoms. The molecule has 2 rings (SSSR count). The van der Waals surface area contributed by atoms with Gasteiger partial charge in [-0.1, -0.05) is 6.07 Å². The number of likely N-dealkylation sites (tertiary alicyclic amines) is 1. The smallest absolute Gasteiger partial charge is 0.320 e. The van der Waals surface area contributed by atoms with Crippen molar-refractivity contribution < 1.29 is 14.3 Å². The van der Waals surface area contributed by atoms with Gasteiger partial charge in [0.25, 0.3) is 0 Å². The van der Waals surface area contributed by atoms with E-state index in [1.165, 1.54) is 6.07 Å². The Hall–Kier alpha value is -0.650. The molecule has 1 heterocycles. The van der Waals surface area contributed by atoms with Crippen LogP contribution in [0.15, 0.2) is 22.7 Å². The molecular formula is C12H14BrClFNO2. The number of carboxylic acid groups (broad SMARTS) is 1. The Bertz CT molecular complexity index is 444. The number of hydrogen-bond donors (Lipinski definition) is 1. The van der Waals surface area contributed by atoms with Crippen molar-refractivity contribution in [1.29, 1.82) is 0 Å². The van der Waals surface area contributed by atoms with Crippen LogP contribution in [0, 0.1) is 5.82 Å². The number of carboxylic acids is 1. The standard InChI is InChI=1S/C12H13BrFNO2.ClH/c13-9-6-8(3-4-10(9)14)7-15-5-1-2-11(15)12(16)17;/h3-4,6,11H,1-2,5,7H2,(H,16,17);1H/t11-;/m1./s1. The fourth-order valence-electron chi connectivity index (χ4n) is 2.17. The molecule has 0 aliphatic carbocycles. The largest absolute Gasteiger partial charge is 0.480 e. The van der Waals surface area contributed by atoms with Crippen LogP contribution in [0.1, 0.15) is 18.4 Å². The third kappa shape index (κ3) is 3.43. The van der Waals surface area contributed by atoms with Gasteiger partial charge in [-0.3, -0.25) is 9.69 Å². The van der Waals surface area contributed by atoms with E-state index in [0.29, 0.717) is 17.4 Å². The van der Waals surface area contributed by atoms with Crippen LogP contribution >= 0.6 is 28.3 Å². The first kappa shape index (κ1) is 15.4. The number of nitrogens with zero attached hydrogens (tertiary/aromatic N) is 1. The van der Waals surface area contributed by atoms with Gasteiger partial charge in [0.15, 0.2) is 0 Å². The second kappa shape index (κ2) is 6.50. The lowest BCUT2D eigenvalue weighted by Gasteiger charge is -2.21. The van der Waals surface area contributed by atoms with E-state index >= 15 is 0 Å². The molecule has 1 fully saturated rings. The molecule has 1 aromatic carbocycles. The number of rotatable bonds is 3. The van der Waals surface area contributed by atoms with Gasteiger partial charge in [0.1, 0.15) is 11.9 Å². The summed E-state index contributed by atoms with van der Waals surface area (Å²) in [4.78, 5) is 12.9. The predicted octanol–water partition coefficient (Wildman–Crippen LogP) is 3.06. The van der Waals surface area contributed by atoms with Crippen LogP contribution in [-0.2, 0) is 11.3 Å². The van der Waals surface area contributed by atoms with Gasteiger partial charge in [0.2, 0.25) is 0 Å². The van der Waals surface area contributed by atoms with Crippen molar-refractivity contribution in [2.75, 3.05) is 6.54 Å². The summed E-state index contributed by atoms with van der Waals surface area (Å²) >= 11 is 3.13. The van der Waals surface area contributed by atoms with Crippen molar-refractivity contribution in [3.05, 3.63) is 34.1 Å². The van der Waals surface area contributed by atoms with Crippen molar-refractivity contribution in [3.8, 4) is 0 Å². The number of halogens is 3. The lowest BCUT2D eigenvalue weighted by Crippen LogP contribution is -2.35. The zero-order chi connectivity index (χ0) is 12.4. The molecule has 0 saturated carbocycles. The van der Waals surface area contributed by atoms with E-state index < -0.39 is 12.0 Å². The van der Waals surface area contributed by atoms with E-state index in [2.05, 4.69) is 15.9 Å². The van der Waals surface area contributed by atoms with Gasteiger partial charge in [-0.05, 0) is 53.0 Å². The van der Waals surface area contributed by atoms with Gasteiger partial charge < -0.3 is 5.11 Å². The summed E-state index contributed by atoms with van der Waals surface area (Å²) in [6.45, 7) is 1.34. The first-order valence-corrected chi connectivity index (χ1v) is 6.28. The molecular weight excluding hydrogens is 324 g/mol. The van der Waals surface area contributed by atoms with Gasteiger partial charge in [0, 0.05) is 6.54 Å². The highest BCUT2D eigenvalue weighted by atomic mass is 79.9. The summed E-state index contributed by atoms with van der Waals surface area (Å²) in [6, 6.07) is 4.38. The highest BCUT2D eigenvalue weighted by molar-refractivity contribution is 9.10. The molecule has 18 heavy (non-hydrogen) atoms. The Labute approximate surface area is 120 Å². The molecule has 100 valence electrons. The highest BCUT2D eigenvalue weighted by Crippen LogP contribution is 2.22. The summed E-state index contributed by atoms with van der Waals surface area (Å²) in [5.74, 6) is -1.08. The Morgan fingerprint density at radius 1 is 1.56 bits per heavy atom. The number of carbonyl (C=O) groups is 1. The maximum atomic E-state index is 13.1. The zero-order valence-electron chi connectivity index (χ0n) is 9.60. The molecule has 0 spiro atoms. The van der Waals surface area contributed by atoms with E-state index in [4.69, 9.17) is 5.11 Å². The molecule has 1 aliphatic rings. The van der Waals surface area contributed by atoms with Gasteiger partial charge in [-0.25, -0.2) is 4.39 Å². The van der Waals surface area contributed by atoms with Crippen LogP contribution < -0.4 is 0 Å². The van der Waals surface area contributed by atoms with E-state index in [0.717, 1.165) is 18.5 Å². The average Bonchev–Trinajstić information content (AvgIpc) is 2.72. The van der Waals surface area contributed by atoms with Gasteiger partial charge in [-0.2, -0.15) is 0 Å². The normalized spacial score (nSPS) is 19.6. The lowest BCUT2D eigenvalue weighted by molar-refractivity contribution is -0.142. The summed E-state index contributed by atoms with van der Waals surface area (Å²) in [5.41, 5.74) is 0.923. The third-order valence-corrected chi connectivity index (χ3v) is 3.63. The van der Waals surface area contributed by atoms with Crippen LogP contribution in [0.5, 0.6) is 0 Å². The molecule has 1 aliphatic heterocycles. The number of aliphatic carboxylic acids is 1. The maximum Gasteiger partial charge on any atom is 0.320 e. The maximum absolute atomic E-state index is 13.1. The second-order valence-corrected chi connectivity index (χ2v) is 5.07. The quantitative estimate of drug-likeness (QED) is 0.921. The first-order valence-electron chi connectivity index (χ1n) is 5.48. The van der Waals surface area contributed by atoms with E-state index in [1.807, 2.05) is 4.90 Å². The van der Waals surface area contributed by atoms with E-state index in [9.17, 15) is 9.18 Å². The van der Waals surface area contributed by atoms with Gasteiger partial charge in [-0.15, -0.1) is 12.4 Å². The van der Waals surface area contributed by atoms with Crippen molar-refractivity contribution in [2.24, 2.45) is 0 Å². The Kier molecular flexibility index (Phi) is 5.56. The molecule has 6 heteroatoms. The molecule has 1 N–H and O–H groups in total. The monoisotopic (exact) mass is 337 g/mol. The highest BCUT2D eigenvalue weighted by Gasteiger charge is 2.30. The molecule has 0 amide bonds. The van der Waals surface area contributed by atoms with Crippen LogP contribution in [0.3, 0.4) is 0 Å². The molecule has 1 aromatic rings. The molecule has 3 nitrogen and oxygen atoms in total. The Morgan fingerprint density at radius 3 is 2.89 bits per heavy atom. The van der Waals surface area contributed by atoms with Crippen LogP contribution in [-0.4, -0.2) is 28.6 Å². The van der Waals surface area contributed by atoms with Crippen molar-refractivity contribution in [1.82, 2.24) is 4.90 Å². The minimum absolute atomic E-state index is 0. The summed E-state index contributed by atoms with van der Waals surface area (Å²) in [5, 5.41) is 9.05. The molecule has 0 radical (unpaired) electrons. The van der Waals surface area contributed by atoms with E-state index in [-0.39, 0.29) is 18.2 Å².